The highest BCUT2D eigenvalue weighted by atomic mass is 32.3. The van der Waals surface area contributed by atoms with Crippen molar-refractivity contribution in [3.05, 3.63) is 0 Å². The summed E-state index contributed by atoms with van der Waals surface area (Å²) in [6.07, 6.45) is -2.42. The van der Waals surface area contributed by atoms with E-state index in [0.717, 1.165) is 0 Å². The van der Waals surface area contributed by atoms with Gasteiger partial charge in [0.05, 0.1) is 6.61 Å². The Bertz CT molecular complexity index is 872. The predicted molar refractivity (Wildman–Crippen MR) is 85.5 cm³/mol. The van der Waals surface area contributed by atoms with E-state index in [-0.39, 0.29) is 6.61 Å². The van der Waals surface area contributed by atoms with E-state index >= 15 is 0 Å². The van der Waals surface area contributed by atoms with Crippen molar-refractivity contribution in [1.29, 1.82) is 0 Å². The molecule has 3 aliphatic heterocycles. The SMILES string of the molecule is CC1(C)OC2CO[C@@]3(COS(=O)(=O)NS(=O)(=O)C(F)(F)F)OC(C)(C)OC3C2O1. The Balaban J connectivity index is 1.80. The Labute approximate surface area is 165 Å². The lowest BCUT2D eigenvalue weighted by Crippen LogP contribution is -2.61. The van der Waals surface area contributed by atoms with Crippen molar-refractivity contribution in [3.8, 4) is 0 Å². The molecule has 11 nitrogen and oxygen atoms in total. The van der Waals surface area contributed by atoms with Crippen LogP contribution >= 0.6 is 0 Å². The third-order valence-corrected chi connectivity index (χ3v) is 6.94. The maximum atomic E-state index is 12.4. The summed E-state index contributed by atoms with van der Waals surface area (Å²) in [4.78, 5) is 0. The van der Waals surface area contributed by atoms with Gasteiger partial charge in [-0.1, -0.05) is 4.13 Å². The second-order valence-electron chi connectivity index (χ2n) is 7.55. The lowest BCUT2D eigenvalue weighted by Gasteiger charge is -2.40. The lowest BCUT2D eigenvalue weighted by atomic mass is 9.98. The number of ether oxygens (including phenoxy) is 5. The van der Waals surface area contributed by atoms with E-state index in [0.29, 0.717) is 4.13 Å². The molecule has 0 radical (unpaired) electrons. The van der Waals surface area contributed by atoms with Crippen molar-refractivity contribution in [2.45, 2.75) is 68.9 Å². The highest BCUT2D eigenvalue weighted by Gasteiger charge is 2.66. The van der Waals surface area contributed by atoms with Gasteiger partial charge in [0.2, 0.25) is 5.79 Å². The highest BCUT2D eigenvalue weighted by Crippen LogP contribution is 2.47. The fraction of sp³-hybridized carbons (Fsp3) is 1.00. The molecule has 0 amide bonds. The molecule has 3 fully saturated rings. The number of sulfonamides is 1. The van der Waals surface area contributed by atoms with Gasteiger partial charge in [0.15, 0.2) is 11.6 Å². The standard InChI is InChI=1S/C13H20F3NO10S2/c1-10(2)24-7-5-22-12(9(8(7)25-10)26-11(3,4)27-12)6-23-29(20,21)17-28(18,19)13(14,15)16/h7-9,17H,5-6H2,1-4H3/t7?,8?,9?,12-/m0/s1. The first kappa shape index (κ1) is 23.1. The van der Waals surface area contributed by atoms with Gasteiger partial charge in [-0.3, -0.25) is 4.18 Å². The Morgan fingerprint density at radius 3 is 2.24 bits per heavy atom. The summed E-state index contributed by atoms with van der Waals surface area (Å²) in [7, 11) is -11.6. The maximum Gasteiger partial charge on any atom is 0.512 e. The first-order valence-electron chi connectivity index (χ1n) is 8.24. The summed E-state index contributed by atoms with van der Waals surface area (Å²) in [5, 5.41) is 0. The minimum absolute atomic E-state index is 0.123. The lowest BCUT2D eigenvalue weighted by molar-refractivity contribution is -0.290. The minimum atomic E-state index is -6.21. The van der Waals surface area contributed by atoms with Crippen LogP contribution in [0.5, 0.6) is 0 Å². The molecular formula is C13H20F3NO10S2. The van der Waals surface area contributed by atoms with Crippen LogP contribution in [0.3, 0.4) is 0 Å². The number of alkyl halides is 3. The van der Waals surface area contributed by atoms with Crippen molar-refractivity contribution in [1.82, 2.24) is 4.13 Å². The van der Waals surface area contributed by atoms with E-state index in [2.05, 4.69) is 4.18 Å². The fourth-order valence-electron chi connectivity index (χ4n) is 3.31. The van der Waals surface area contributed by atoms with Crippen molar-refractivity contribution >= 4 is 20.3 Å². The van der Waals surface area contributed by atoms with Crippen LogP contribution in [0.2, 0.25) is 0 Å². The summed E-state index contributed by atoms with van der Waals surface area (Å²) in [5.41, 5.74) is -5.85. The van der Waals surface area contributed by atoms with Gasteiger partial charge in [-0.2, -0.15) is 21.6 Å². The number of nitrogens with one attached hydrogen (secondary N) is 1. The Kier molecular flexibility index (Phi) is 5.33. The molecule has 0 bridgehead atoms. The van der Waals surface area contributed by atoms with E-state index in [9.17, 15) is 30.0 Å². The molecule has 4 atom stereocenters. The van der Waals surface area contributed by atoms with Crippen molar-refractivity contribution in [2.24, 2.45) is 0 Å². The number of fused-ring (bicyclic) bond motifs is 3. The number of halogens is 3. The zero-order chi connectivity index (χ0) is 22.1. The van der Waals surface area contributed by atoms with Crippen LogP contribution in [0, 0.1) is 0 Å². The normalized spacial score (nSPS) is 36.6. The van der Waals surface area contributed by atoms with Gasteiger partial charge >= 0.3 is 25.8 Å². The predicted octanol–water partition coefficient (Wildman–Crippen LogP) is 0.0851. The molecule has 0 aromatic carbocycles. The van der Waals surface area contributed by atoms with E-state index in [4.69, 9.17) is 23.7 Å². The fourth-order valence-corrected chi connectivity index (χ4v) is 5.28. The third kappa shape index (κ3) is 4.54. The molecule has 0 aromatic heterocycles. The molecule has 1 N–H and O–H groups in total. The van der Waals surface area contributed by atoms with Crippen LogP contribution in [0.25, 0.3) is 0 Å². The van der Waals surface area contributed by atoms with Gasteiger partial charge < -0.3 is 23.7 Å². The van der Waals surface area contributed by atoms with Crippen molar-refractivity contribution in [2.75, 3.05) is 13.2 Å². The zero-order valence-corrected chi connectivity index (χ0v) is 17.3. The van der Waals surface area contributed by atoms with Gasteiger partial charge in [-0.05, 0) is 27.7 Å². The molecule has 0 spiro atoms. The van der Waals surface area contributed by atoms with Crippen LogP contribution in [-0.4, -0.2) is 71.2 Å². The largest absolute Gasteiger partial charge is 0.512 e. The quantitative estimate of drug-likeness (QED) is 0.587. The van der Waals surface area contributed by atoms with Crippen LogP contribution in [-0.2, 0) is 48.2 Å². The smallest absolute Gasteiger partial charge is 0.343 e. The number of hydrogen-bond donors (Lipinski definition) is 1. The molecule has 3 unspecified atom stereocenters. The van der Waals surface area contributed by atoms with Gasteiger partial charge in [0.1, 0.15) is 24.9 Å². The molecule has 3 aliphatic rings. The zero-order valence-electron chi connectivity index (χ0n) is 15.7. The number of hydrogen-bond acceptors (Lipinski definition) is 10. The third-order valence-electron chi connectivity index (χ3n) is 4.21. The molecule has 3 saturated heterocycles. The maximum absolute atomic E-state index is 12.4. The topological polar surface area (TPSA) is 136 Å². The Hall–Kier alpha value is -0.590. The minimum Gasteiger partial charge on any atom is -0.343 e. The monoisotopic (exact) mass is 471 g/mol. The van der Waals surface area contributed by atoms with E-state index in [1.165, 1.54) is 13.8 Å². The first-order valence-corrected chi connectivity index (χ1v) is 11.1. The summed E-state index contributed by atoms with van der Waals surface area (Å²) in [5.74, 6) is -4.19. The van der Waals surface area contributed by atoms with E-state index in [1.807, 2.05) is 0 Å². The van der Waals surface area contributed by atoms with Crippen LogP contribution in [0.15, 0.2) is 0 Å². The van der Waals surface area contributed by atoms with Crippen LogP contribution in [0.4, 0.5) is 13.2 Å². The van der Waals surface area contributed by atoms with Crippen molar-refractivity contribution in [3.63, 3.8) is 0 Å². The average Bonchev–Trinajstić information content (AvgIpc) is 2.95. The molecule has 170 valence electrons. The summed E-state index contributed by atoms with van der Waals surface area (Å²) >= 11 is 0. The molecule has 0 saturated carbocycles. The molecular weight excluding hydrogens is 451 g/mol. The summed E-state index contributed by atoms with van der Waals surface area (Å²) < 4.78 is 116. The van der Waals surface area contributed by atoms with Crippen molar-refractivity contribution < 1.29 is 57.9 Å². The Morgan fingerprint density at radius 2 is 1.66 bits per heavy atom. The molecule has 3 rings (SSSR count). The Morgan fingerprint density at radius 1 is 1.03 bits per heavy atom. The van der Waals surface area contributed by atoms with Crippen LogP contribution in [0.1, 0.15) is 27.7 Å². The molecule has 0 aliphatic carbocycles. The van der Waals surface area contributed by atoms with Gasteiger partial charge in [-0.15, -0.1) is 0 Å². The molecule has 16 heteroatoms. The average molecular weight is 471 g/mol. The summed E-state index contributed by atoms with van der Waals surface area (Å²) in [6, 6.07) is 0. The first-order chi connectivity index (χ1) is 12.9. The summed E-state index contributed by atoms with van der Waals surface area (Å²) in [6.45, 7) is 5.14. The molecule has 3 heterocycles. The van der Waals surface area contributed by atoms with Gasteiger partial charge in [0.25, 0.3) is 0 Å². The molecule has 29 heavy (non-hydrogen) atoms. The van der Waals surface area contributed by atoms with E-state index in [1.54, 1.807) is 13.8 Å². The second-order valence-corrected chi connectivity index (χ2v) is 10.8. The van der Waals surface area contributed by atoms with E-state index < -0.39 is 68.1 Å². The number of rotatable bonds is 5. The van der Waals surface area contributed by atoms with Gasteiger partial charge in [-0.25, -0.2) is 8.42 Å². The van der Waals surface area contributed by atoms with Crippen LogP contribution < -0.4 is 4.13 Å². The molecule has 0 aromatic rings. The van der Waals surface area contributed by atoms with Gasteiger partial charge in [0, 0.05) is 0 Å². The highest BCUT2D eigenvalue weighted by molar-refractivity contribution is 8.03. The second kappa shape index (κ2) is 6.70.